The van der Waals surface area contributed by atoms with Gasteiger partial charge in [-0.25, -0.2) is 0 Å². The summed E-state index contributed by atoms with van der Waals surface area (Å²) in [5.41, 5.74) is -0.303. The maximum Gasteiger partial charge on any atom is 0.416 e. The molecule has 0 aliphatic rings. The van der Waals surface area contributed by atoms with Crippen molar-refractivity contribution in [1.29, 1.82) is 0 Å². The molecule has 0 amide bonds. The minimum atomic E-state index is -4.40. The van der Waals surface area contributed by atoms with Crippen LogP contribution in [0.2, 0.25) is 5.02 Å². The molecule has 0 fully saturated rings. The molecule has 7 heteroatoms. The lowest BCUT2D eigenvalue weighted by atomic mass is 10.1. The smallest absolute Gasteiger partial charge is 0.365 e. The van der Waals surface area contributed by atoms with Crippen LogP contribution in [0.4, 0.5) is 19.0 Å². The number of rotatable bonds is 3. The molecule has 0 unspecified atom stereocenters. The highest BCUT2D eigenvalue weighted by atomic mass is 35.5. The van der Waals surface area contributed by atoms with Gasteiger partial charge in [-0.1, -0.05) is 11.6 Å². The quantitative estimate of drug-likeness (QED) is 0.933. The number of anilines is 1. The zero-order valence-corrected chi connectivity index (χ0v) is 10.8. The zero-order valence-electron chi connectivity index (χ0n) is 10.0. The number of aromatic nitrogens is 2. The van der Waals surface area contributed by atoms with Gasteiger partial charge in [0, 0.05) is 30.9 Å². The summed E-state index contributed by atoms with van der Waals surface area (Å²) >= 11 is 5.69. The third-order valence-corrected chi connectivity index (χ3v) is 2.69. The molecule has 0 radical (unpaired) electrons. The summed E-state index contributed by atoms with van der Waals surface area (Å²) in [7, 11) is 1.76. The second-order valence-electron chi connectivity index (χ2n) is 4.07. The second-order valence-corrected chi connectivity index (χ2v) is 4.51. The average Bonchev–Trinajstić information content (AvgIpc) is 2.71. The molecule has 0 aliphatic carbocycles. The third kappa shape index (κ3) is 3.64. The Kier molecular flexibility index (Phi) is 3.71. The monoisotopic (exact) mass is 289 g/mol. The van der Waals surface area contributed by atoms with Gasteiger partial charge in [-0.05, 0) is 23.8 Å². The minimum Gasteiger partial charge on any atom is -0.365 e. The molecule has 0 saturated carbocycles. The van der Waals surface area contributed by atoms with E-state index < -0.39 is 11.7 Å². The van der Waals surface area contributed by atoms with Crippen LogP contribution in [0.5, 0.6) is 0 Å². The molecule has 0 bridgehead atoms. The molecule has 1 N–H and O–H groups in total. The number of aryl methyl sites for hydroxylation is 1. The Morgan fingerprint density at radius 3 is 2.63 bits per heavy atom. The molecule has 0 saturated heterocycles. The van der Waals surface area contributed by atoms with E-state index in [0.717, 1.165) is 12.1 Å². The molecule has 102 valence electrons. The molecule has 0 aliphatic heterocycles. The molecule has 3 nitrogen and oxygen atoms in total. The average molecular weight is 290 g/mol. The molecule has 1 aromatic carbocycles. The predicted molar refractivity (Wildman–Crippen MR) is 67.0 cm³/mol. The van der Waals surface area contributed by atoms with Crippen molar-refractivity contribution in [1.82, 2.24) is 9.78 Å². The van der Waals surface area contributed by atoms with Crippen molar-refractivity contribution in [2.75, 3.05) is 5.32 Å². The summed E-state index contributed by atoms with van der Waals surface area (Å²) < 4.78 is 39.5. The van der Waals surface area contributed by atoms with Crippen LogP contribution in [0.1, 0.15) is 11.1 Å². The summed E-state index contributed by atoms with van der Waals surface area (Å²) in [5.74, 6) is 0.594. The first-order valence-corrected chi connectivity index (χ1v) is 5.82. The summed E-state index contributed by atoms with van der Waals surface area (Å²) in [6.07, 6.45) is -2.66. The van der Waals surface area contributed by atoms with Crippen molar-refractivity contribution < 1.29 is 13.2 Å². The van der Waals surface area contributed by atoms with Gasteiger partial charge < -0.3 is 5.32 Å². The highest BCUT2D eigenvalue weighted by molar-refractivity contribution is 6.30. The molecule has 2 rings (SSSR count). The van der Waals surface area contributed by atoms with E-state index in [1.54, 1.807) is 24.0 Å². The lowest BCUT2D eigenvalue weighted by molar-refractivity contribution is -0.137. The fraction of sp³-hybridized carbons (Fsp3) is 0.250. The van der Waals surface area contributed by atoms with Crippen LogP contribution in [-0.2, 0) is 19.8 Å². The van der Waals surface area contributed by atoms with Gasteiger partial charge in [0.2, 0.25) is 0 Å². The van der Waals surface area contributed by atoms with Crippen LogP contribution in [0.25, 0.3) is 0 Å². The third-order valence-electron chi connectivity index (χ3n) is 2.47. The van der Waals surface area contributed by atoms with Crippen molar-refractivity contribution in [3.05, 3.63) is 46.6 Å². The van der Waals surface area contributed by atoms with Gasteiger partial charge in [-0.15, -0.1) is 0 Å². The van der Waals surface area contributed by atoms with Gasteiger partial charge in [-0.2, -0.15) is 18.3 Å². The van der Waals surface area contributed by atoms with Crippen molar-refractivity contribution in [3.63, 3.8) is 0 Å². The van der Waals surface area contributed by atoms with E-state index in [0.29, 0.717) is 11.4 Å². The fourth-order valence-electron chi connectivity index (χ4n) is 1.62. The van der Waals surface area contributed by atoms with Crippen LogP contribution < -0.4 is 5.32 Å². The largest absolute Gasteiger partial charge is 0.416 e. The number of hydrogen-bond donors (Lipinski definition) is 1. The lowest BCUT2D eigenvalue weighted by Crippen LogP contribution is -2.07. The number of alkyl halides is 3. The van der Waals surface area contributed by atoms with Crippen LogP contribution in [-0.4, -0.2) is 9.78 Å². The first kappa shape index (κ1) is 13.7. The number of nitrogens with one attached hydrogen (secondary N) is 1. The molecular formula is C12H11ClF3N3. The van der Waals surface area contributed by atoms with Gasteiger partial charge in [-0.3, -0.25) is 4.68 Å². The van der Waals surface area contributed by atoms with Gasteiger partial charge >= 0.3 is 6.18 Å². The second kappa shape index (κ2) is 5.13. The maximum atomic E-state index is 12.6. The van der Waals surface area contributed by atoms with Crippen LogP contribution >= 0.6 is 11.6 Å². The number of benzene rings is 1. The minimum absolute atomic E-state index is 0.0626. The van der Waals surface area contributed by atoms with Crippen LogP contribution in [0, 0.1) is 0 Å². The van der Waals surface area contributed by atoms with Crippen molar-refractivity contribution in [3.8, 4) is 0 Å². The number of hydrogen-bond acceptors (Lipinski definition) is 2. The van der Waals surface area contributed by atoms with E-state index in [1.165, 1.54) is 6.07 Å². The molecule has 1 heterocycles. The Labute approximate surface area is 113 Å². The van der Waals surface area contributed by atoms with E-state index in [-0.39, 0.29) is 11.6 Å². The van der Waals surface area contributed by atoms with E-state index in [1.807, 2.05) is 0 Å². The summed E-state index contributed by atoms with van der Waals surface area (Å²) in [6, 6.07) is 5.20. The molecule has 2 aromatic rings. The molecule has 0 spiro atoms. The van der Waals surface area contributed by atoms with Crippen molar-refractivity contribution in [2.45, 2.75) is 12.7 Å². The first-order chi connectivity index (χ1) is 8.84. The Bertz CT molecular complexity index is 578. The van der Waals surface area contributed by atoms with E-state index in [2.05, 4.69) is 10.4 Å². The maximum absolute atomic E-state index is 12.6. The van der Waals surface area contributed by atoms with Gasteiger partial charge in [0.25, 0.3) is 0 Å². The number of nitrogens with zero attached hydrogens (tertiary/aromatic N) is 2. The molecular weight excluding hydrogens is 279 g/mol. The molecule has 19 heavy (non-hydrogen) atoms. The lowest BCUT2D eigenvalue weighted by Gasteiger charge is -2.10. The Balaban J connectivity index is 2.14. The Morgan fingerprint density at radius 1 is 1.32 bits per heavy atom. The highest BCUT2D eigenvalue weighted by Crippen LogP contribution is 2.32. The van der Waals surface area contributed by atoms with Crippen LogP contribution in [0.15, 0.2) is 30.5 Å². The molecule has 0 atom stereocenters. The summed E-state index contributed by atoms with van der Waals surface area (Å²) in [4.78, 5) is 0. The predicted octanol–water partition coefficient (Wildman–Crippen LogP) is 3.70. The Hall–Kier alpha value is -1.69. The number of halogens is 4. The van der Waals surface area contributed by atoms with Crippen molar-refractivity contribution >= 4 is 17.4 Å². The fourth-order valence-corrected chi connectivity index (χ4v) is 1.88. The highest BCUT2D eigenvalue weighted by Gasteiger charge is 2.31. The molecule has 1 aromatic heterocycles. The van der Waals surface area contributed by atoms with E-state index in [4.69, 9.17) is 11.6 Å². The first-order valence-electron chi connectivity index (χ1n) is 5.45. The Morgan fingerprint density at radius 2 is 2.05 bits per heavy atom. The van der Waals surface area contributed by atoms with Gasteiger partial charge in [0.1, 0.15) is 5.82 Å². The standard InChI is InChI=1S/C12H11ClF3N3/c1-19-3-2-11(18-19)17-7-8-4-9(12(14,15)16)6-10(13)5-8/h2-6H,7H2,1H3,(H,17,18). The van der Waals surface area contributed by atoms with Crippen molar-refractivity contribution in [2.24, 2.45) is 7.05 Å². The van der Waals surface area contributed by atoms with E-state index in [9.17, 15) is 13.2 Å². The normalized spacial score (nSPS) is 11.6. The van der Waals surface area contributed by atoms with Gasteiger partial charge in [0.15, 0.2) is 0 Å². The van der Waals surface area contributed by atoms with E-state index >= 15 is 0 Å². The van der Waals surface area contributed by atoms with Gasteiger partial charge in [0.05, 0.1) is 5.56 Å². The topological polar surface area (TPSA) is 29.9 Å². The SMILES string of the molecule is Cn1ccc(NCc2cc(Cl)cc(C(F)(F)F)c2)n1. The summed E-state index contributed by atoms with van der Waals surface area (Å²) in [5, 5.41) is 7.06. The zero-order chi connectivity index (χ0) is 14.0. The van der Waals surface area contributed by atoms with Crippen LogP contribution in [0.3, 0.4) is 0 Å². The summed E-state index contributed by atoms with van der Waals surface area (Å²) in [6.45, 7) is 0.223.